The number of terminal acetylenes is 1. The van der Waals surface area contributed by atoms with Crippen LogP contribution in [0.3, 0.4) is 0 Å². The molecule has 0 saturated carbocycles. The lowest BCUT2D eigenvalue weighted by atomic mass is 10.2. The van der Waals surface area contributed by atoms with Gasteiger partial charge in [-0.3, -0.25) is 4.79 Å². The summed E-state index contributed by atoms with van der Waals surface area (Å²) in [7, 11) is 0. The van der Waals surface area contributed by atoms with Gasteiger partial charge in [0.05, 0.1) is 9.77 Å². The second-order valence-electron chi connectivity index (χ2n) is 3.54. The predicted molar refractivity (Wildman–Crippen MR) is 78.4 cm³/mol. The van der Waals surface area contributed by atoms with Crippen LogP contribution < -0.4 is 5.32 Å². The van der Waals surface area contributed by atoms with Crippen LogP contribution in [0.25, 0.3) is 0 Å². The van der Waals surface area contributed by atoms with E-state index < -0.39 is 0 Å². The molecule has 90 valence electrons. The van der Waals surface area contributed by atoms with E-state index in [1.807, 2.05) is 35.9 Å². The molecule has 2 rings (SSSR count). The fraction of sp³-hybridized carbons (Fsp3) is 0.0714. The van der Waals surface area contributed by atoms with E-state index in [9.17, 15) is 4.79 Å². The molecule has 1 aromatic heterocycles. The summed E-state index contributed by atoms with van der Waals surface area (Å²) in [5.41, 5.74) is 2.14. The molecule has 0 aliphatic heterocycles. The number of thiophene rings is 1. The topological polar surface area (TPSA) is 29.1 Å². The van der Waals surface area contributed by atoms with Gasteiger partial charge in [-0.05, 0) is 30.5 Å². The normalized spacial score (nSPS) is 9.78. The van der Waals surface area contributed by atoms with Crippen LogP contribution in [-0.2, 0) is 0 Å². The van der Waals surface area contributed by atoms with Crippen LogP contribution in [0.15, 0.2) is 39.9 Å². The van der Waals surface area contributed by atoms with Crippen molar-refractivity contribution < 1.29 is 4.79 Å². The van der Waals surface area contributed by atoms with Crippen molar-refractivity contribution in [1.29, 1.82) is 0 Å². The van der Waals surface area contributed by atoms with Crippen molar-refractivity contribution in [2.24, 2.45) is 0 Å². The molecule has 1 N–H and O–H groups in total. The summed E-state index contributed by atoms with van der Waals surface area (Å²) in [5, 5.41) is 4.69. The standard InChI is InChI=1S/C14H11NOS2/c1-3-10-5-4-6-12(7-10)15-14(16)11-8-13(17-2)18-9-11/h1,4-9H,2H3,(H,15,16). The Kier molecular flexibility index (Phi) is 4.08. The van der Waals surface area contributed by atoms with Gasteiger partial charge in [0.1, 0.15) is 0 Å². The number of rotatable bonds is 3. The zero-order chi connectivity index (χ0) is 13.0. The Hall–Kier alpha value is -1.70. The molecule has 2 nitrogen and oxygen atoms in total. The van der Waals surface area contributed by atoms with Crippen molar-refractivity contribution in [2.45, 2.75) is 4.21 Å². The maximum absolute atomic E-state index is 12.0. The Balaban J connectivity index is 2.13. The van der Waals surface area contributed by atoms with Crippen LogP contribution in [0.1, 0.15) is 15.9 Å². The fourth-order valence-corrected chi connectivity index (χ4v) is 2.82. The van der Waals surface area contributed by atoms with Crippen molar-refractivity contribution in [3.63, 3.8) is 0 Å². The van der Waals surface area contributed by atoms with Crippen molar-refractivity contribution in [2.75, 3.05) is 11.6 Å². The maximum Gasteiger partial charge on any atom is 0.256 e. The first-order chi connectivity index (χ1) is 8.72. The highest BCUT2D eigenvalue weighted by molar-refractivity contribution is 8.00. The third-order valence-electron chi connectivity index (χ3n) is 2.33. The number of hydrogen-bond acceptors (Lipinski definition) is 3. The molecular formula is C14H11NOS2. The van der Waals surface area contributed by atoms with Gasteiger partial charge in [0.2, 0.25) is 0 Å². The molecule has 0 aliphatic carbocycles. The van der Waals surface area contributed by atoms with Gasteiger partial charge in [-0.25, -0.2) is 0 Å². The first-order valence-corrected chi connectivity index (χ1v) is 7.34. The minimum Gasteiger partial charge on any atom is -0.322 e. The maximum atomic E-state index is 12.0. The van der Waals surface area contributed by atoms with E-state index in [2.05, 4.69) is 11.2 Å². The number of carbonyl (C=O) groups excluding carboxylic acids is 1. The summed E-state index contributed by atoms with van der Waals surface area (Å²) in [6, 6.07) is 9.13. The number of hydrogen-bond donors (Lipinski definition) is 1. The number of benzene rings is 1. The van der Waals surface area contributed by atoms with Crippen LogP contribution in [0.2, 0.25) is 0 Å². The lowest BCUT2D eigenvalue weighted by molar-refractivity contribution is 0.102. The van der Waals surface area contributed by atoms with Crippen LogP contribution >= 0.6 is 23.1 Å². The smallest absolute Gasteiger partial charge is 0.256 e. The average molecular weight is 273 g/mol. The van der Waals surface area contributed by atoms with E-state index in [1.54, 1.807) is 29.2 Å². The highest BCUT2D eigenvalue weighted by Gasteiger charge is 2.08. The predicted octanol–water partition coefficient (Wildman–Crippen LogP) is 3.70. The lowest BCUT2D eigenvalue weighted by Crippen LogP contribution is -2.10. The zero-order valence-electron chi connectivity index (χ0n) is 9.77. The summed E-state index contributed by atoms with van der Waals surface area (Å²) in [4.78, 5) is 12.0. The molecular weight excluding hydrogens is 262 g/mol. The van der Waals surface area contributed by atoms with E-state index in [1.165, 1.54) is 0 Å². The Morgan fingerprint density at radius 1 is 1.44 bits per heavy atom. The first-order valence-electron chi connectivity index (χ1n) is 5.23. The minimum atomic E-state index is -0.110. The molecule has 0 saturated heterocycles. The molecule has 0 bridgehead atoms. The lowest BCUT2D eigenvalue weighted by Gasteiger charge is -2.03. The van der Waals surface area contributed by atoms with Gasteiger partial charge < -0.3 is 5.32 Å². The molecule has 4 heteroatoms. The van der Waals surface area contributed by atoms with E-state index >= 15 is 0 Å². The molecule has 0 fully saturated rings. The highest BCUT2D eigenvalue weighted by atomic mass is 32.2. The van der Waals surface area contributed by atoms with Crippen molar-refractivity contribution in [3.8, 4) is 12.3 Å². The molecule has 0 aliphatic rings. The zero-order valence-corrected chi connectivity index (χ0v) is 11.4. The number of amides is 1. The van der Waals surface area contributed by atoms with Gasteiger partial charge >= 0.3 is 0 Å². The van der Waals surface area contributed by atoms with Crippen LogP contribution in [0, 0.1) is 12.3 Å². The van der Waals surface area contributed by atoms with E-state index in [0.29, 0.717) is 11.3 Å². The molecule has 1 aromatic carbocycles. The van der Waals surface area contributed by atoms with Gasteiger partial charge in [-0.1, -0.05) is 12.0 Å². The molecule has 2 aromatic rings. The molecule has 0 atom stereocenters. The summed E-state index contributed by atoms with van der Waals surface area (Å²) in [5.74, 6) is 2.43. The quantitative estimate of drug-likeness (QED) is 0.682. The summed E-state index contributed by atoms with van der Waals surface area (Å²) < 4.78 is 1.12. The summed E-state index contributed by atoms with van der Waals surface area (Å²) in [6.45, 7) is 0. The number of carbonyl (C=O) groups is 1. The molecule has 0 unspecified atom stereocenters. The largest absolute Gasteiger partial charge is 0.322 e. The Morgan fingerprint density at radius 2 is 2.28 bits per heavy atom. The molecule has 0 spiro atoms. The monoisotopic (exact) mass is 273 g/mol. The number of thioether (sulfide) groups is 1. The van der Waals surface area contributed by atoms with E-state index in [-0.39, 0.29) is 5.91 Å². The van der Waals surface area contributed by atoms with Crippen molar-refractivity contribution in [3.05, 3.63) is 46.8 Å². The van der Waals surface area contributed by atoms with Crippen LogP contribution in [0.4, 0.5) is 5.69 Å². The average Bonchev–Trinajstić information content (AvgIpc) is 2.88. The van der Waals surface area contributed by atoms with E-state index in [0.717, 1.165) is 9.77 Å². The van der Waals surface area contributed by atoms with Crippen molar-refractivity contribution >= 4 is 34.7 Å². The molecule has 0 radical (unpaired) electrons. The number of anilines is 1. The molecule has 18 heavy (non-hydrogen) atoms. The second kappa shape index (κ2) is 5.76. The van der Waals surface area contributed by atoms with E-state index in [4.69, 9.17) is 6.42 Å². The van der Waals surface area contributed by atoms with Gasteiger partial charge in [-0.2, -0.15) is 0 Å². The van der Waals surface area contributed by atoms with Crippen LogP contribution in [-0.4, -0.2) is 12.2 Å². The van der Waals surface area contributed by atoms with Gasteiger partial charge in [-0.15, -0.1) is 29.5 Å². The minimum absolute atomic E-state index is 0.110. The van der Waals surface area contributed by atoms with Gasteiger partial charge in [0, 0.05) is 16.6 Å². The van der Waals surface area contributed by atoms with Gasteiger partial charge in [0.25, 0.3) is 5.91 Å². The van der Waals surface area contributed by atoms with Crippen molar-refractivity contribution in [1.82, 2.24) is 0 Å². The van der Waals surface area contributed by atoms with Gasteiger partial charge in [0.15, 0.2) is 0 Å². The Bertz CT molecular complexity index is 610. The molecule has 1 amide bonds. The Labute approximate surface area is 114 Å². The Morgan fingerprint density at radius 3 is 2.94 bits per heavy atom. The summed E-state index contributed by atoms with van der Waals surface area (Å²) >= 11 is 3.20. The highest BCUT2D eigenvalue weighted by Crippen LogP contribution is 2.24. The summed E-state index contributed by atoms with van der Waals surface area (Å²) in [6.07, 6.45) is 7.31. The first kappa shape index (κ1) is 12.7. The fourth-order valence-electron chi connectivity index (χ4n) is 1.43. The van der Waals surface area contributed by atoms with Crippen LogP contribution in [0.5, 0.6) is 0 Å². The third-order valence-corrected chi connectivity index (χ3v) is 4.36. The molecule has 1 heterocycles. The second-order valence-corrected chi connectivity index (χ2v) is 5.56. The third kappa shape index (κ3) is 2.95. The number of nitrogens with one attached hydrogen (secondary N) is 1. The SMILES string of the molecule is C#Cc1cccc(NC(=O)c2csc(SC)c2)c1.